The number of nitrogens with zero attached hydrogens (tertiary/aromatic N) is 3. The number of aromatic nitrogens is 2. The molecule has 0 spiro atoms. The monoisotopic (exact) mass is 312 g/mol. The Hall–Kier alpha value is -2.52. The minimum absolute atomic E-state index is 0.00256. The van der Waals surface area contributed by atoms with Crippen molar-refractivity contribution in [2.75, 3.05) is 5.32 Å². The molecule has 1 N–H and O–H groups in total. The van der Waals surface area contributed by atoms with E-state index >= 15 is 0 Å². The van der Waals surface area contributed by atoms with Crippen molar-refractivity contribution >= 4 is 29.2 Å². The molecule has 5 nitrogen and oxygen atoms in total. The Morgan fingerprint density at radius 1 is 1.41 bits per heavy atom. The van der Waals surface area contributed by atoms with Gasteiger partial charge in [0.05, 0.1) is 5.69 Å². The van der Waals surface area contributed by atoms with Gasteiger partial charge >= 0.3 is 0 Å². The van der Waals surface area contributed by atoms with Gasteiger partial charge in [-0.3, -0.25) is 4.79 Å². The first-order valence-electron chi connectivity index (χ1n) is 7.02. The third kappa shape index (κ3) is 4.50. The van der Waals surface area contributed by atoms with Crippen LogP contribution in [0, 0.1) is 11.3 Å². The van der Waals surface area contributed by atoms with Crippen LogP contribution >= 0.6 is 11.5 Å². The summed E-state index contributed by atoms with van der Waals surface area (Å²) in [5, 5.41) is 17.3. The fraction of sp³-hybridized carbons (Fsp3) is 0.250. The average molecular weight is 312 g/mol. The van der Waals surface area contributed by atoms with Gasteiger partial charge in [-0.25, -0.2) is 0 Å². The third-order valence-electron chi connectivity index (χ3n) is 3.06. The number of aryl methyl sites for hydroxylation is 1. The normalized spacial score (nSPS) is 11.0. The quantitative estimate of drug-likeness (QED) is 0.654. The van der Waals surface area contributed by atoms with Crippen LogP contribution in [-0.4, -0.2) is 15.5 Å². The zero-order valence-corrected chi connectivity index (χ0v) is 13.1. The third-order valence-corrected chi connectivity index (χ3v) is 3.59. The Morgan fingerprint density at radius 3 is 2.77 bits per heavy atom. The number of hydrogen-bond donors (Lipinski definition) is 1. The van der Waals surface area contributed by atoms with Crippen LogP contribution in [0.3, 0.4) is 0 Å². The molecule has 0 radical (unpaired) electrons. The van der Waals surface area contributed by atoms with E-state index in [0.29, 0.717) is 11.4 Å². The van der Waals surface area contributed by atoms with Crippen LogP contribution in [0.2, 0.25) is 0 Å². The molecule has 2 aromatic rings. The first-order valence-corrected chi connectivity index (χ1v) is 7.85. The number of nitriles is 1. The van der Waals surface area contributed by atoms with Gasteiger partial charge in [-0.2, -0.15) is 5.26 Å². The summed E-state index contributed by atoms with van der Waals surface area (Å²) in [5.41, 5.74) is 2.42. The van der Waals surface area contributed by atoms with E-state index in [2.05, 4.69) is 21.8 Å². The second kappa shape index (κ2) is 8.05. The number of unbranched alkanes of at least 4 members (excludes halogenated alkanes) is 1. The molecule has 0 aliphatic heterocycles. The fourth-order valence-electron chi connectivity index (χ4n) is 1.87. The van der Waals surface area contributed by atoms with Gasteiger partial charge in [0.2, 0.25) is 0 Å². The van der Waals surface area contributed by atoms with Gasteiger partial charge in [0, 0.05) is 11.1 Å². The lowest BCUT2D eigenvalue weighted by Crippen LogP contribution is -2.13. The minimum atomic E-state index is -0.447. The average Bonchev–Trinajstić information content (AvgIpc) is 3.05. The van der Waals surface area contributed by atoms with Crippen molar-refractivity contribution in [3.63, 3.8) is 0 Å². The van der Waals surface area contributed by atoms with Gasteiger partial charge < -0.3 is 5.32 Å². The molecule has 2 rings (SSSR count). The van der Waals surface area contributed by atoms with Crippen LogP contribution < -0.4 is 5.32 Å². The van der Waals surface area contributed by atoms with E-state index in [4.69, 9.17) is 5.26 Å². The highest BCUT2D eigenvalue weighted by Gasteiger charge is 2.10. The number of carbonyl (C=O) groups excluding carboxylic acids is 1. The highest BCUT2D eigenvalue weighted by atomic mass is 32.1. The summed E-state index contributed by atoms with van der Waals surface area (Å²) in [6.45, 7) is 2.15. The molecule has 0 fully saturated rings. The summed E-state index contributed by atoms with van der Waals surface area (Å²) in [4.78, 5) is 12.1. The summed E-state index contributed by atoms with van der Waals surface area (Å²) in [7, 11) is 0. The molecule has 0 unspecified atom stereocenters. The van der Waals surface area contributed by atoms with Crippen LogP contribution in [0.4, 0.5) is 5.69 Å². The Labute approximate surface area is 133 Å². The number of rotatable bonds is 6. The Morgan fingerprint density at radius 2 is 2.18 bits per heavy atom. The lowest BCUT2D eigenvalue weighted by atomic mass is 10.1. The molecule has 1 aromatic heterocycles. The second-order valence-electron chi connectivity index (χ2n) is 4.75. The summed E-state index contributed by atoms with van der Waals surface area (Å²) >= 11 is 1.17. The summed E-state index contributed by atoms with van der Waals surface area (Å²) in [5.74, 6) is -0.447. The van der Waals surface area contributed by atoms with E-state index in [1.54, 1.807) is 5.38 Å². The highest BCUT2D eigenvalue weighted by Crippen LogP contribution is 2.13. The molecule has 0 aliphatic rings. The van der Waals surface area contributed by atoms with Crippen molar-refractivity contribution in [3.8, 4) is 6.07 Å². The SMILES string of the molecule is CCCCc1ccc(NC(=O)/C(C#N)=C/c2csnn2)cc1. The zero-order valence-electron chi connectivity index (χ0n) is 12.2. The number of carbonyl (C=O) groups is 1. The maximum absolute atomic E-state index is 12.1. The van der Waals surface area contributed by atoms with Crippen molar-refractivity contribution in [1.82, 2.24) is 9.59 Å². The van der Waals surface area contributed by atoms with Crippen molar-refractivity contribution < 1.29 is 4.79 Å². The standard InChI is InChI=1S/C16H16N4OS/c1-2-3-4-12-5-7-14(8-6-12)18-16(21)13(10-17)9-15-11-22-20-19-15/h5-9,11H,2-4H2,1H3,(H,18,21)/b13-9+. The predicted octanol–water partition coefficient (Wildman–Crippen LogP) is 3.43. The van der Waals surface area contributed by atoms with E-state index in [9.17, 15) is 4.79 Å². The maximum Gasteiger partial charge on any atom is 0.266 e. The van der Waals surface area contributed by atoms with Crippen LogP contribution in [0.1, 0.15) is 31.0 Å². The topological polar surface area (TPSA) is 78.7 Å². The molecule has 0 saturated heterocycles. The van der Waals surface area contributed by atoms with Gasteiger partial charge in [0.25, 0.3) is 5.91 Å². The molecular weight excluding hydrogens is 296 g/mol. The summed E-state index contributed by atoms with van der Waals surface area (Å²) in [6.07, 6.45) is 4.76. The zero-order chi connectivity index (χ0) is 15.8. The Balaban J connectivity index is 2.03. The van der Waals surface area contributed by atoms with Gasteiger partial charge in [-0.05, 0) is 48.1 Å². The molecule has 0 saturated carbocycles. The predicted molar refractivity (Wildman–Crippen MR) is 87.2 cm³/mol. The van der Waals surface area contributed by atoms with Gasteiger partial charge in [0.1, 0.15) is 11.6 Å². The van der Waals surface area contributed by atoms with E-state index in [1.807, 2.05) is 30.3 Å². The second-order valence-corrected chi connectivity index (χ2v) is 5.36. The van der Waals surface area contributed by atoms with E-state index in [1.165, 1.54) is 23.2 Å². The smallest absolute Gasteiger partial charge is 0.266 e. The molecule has 1 aromatic carbocycles. The van der Waals surface area contributed by atoms with Crippen molar-refractivity contribution in [2.24, 2.45) is 0 Å². The summed E-state index contributed by atoms with van der Waals surface area (Å²) in [6, 6.07) is 9.57. The summed E-state index contributed by atoms with van der Waals surface area (Å²) < 4.78 is 3.69. The fourth-order valence-corrected chi connectivity index (χ4v) is 2.28. The molecule has 1 heterocycles. The minimum Gasteiger partial charge on any atom is -0.321 e. The molecule has 22 heavy (non-hydrogen) atoms. The number of benzene rings is 1. The molecule has 1 amide bonds. The van der Waals surface area contributed by atoms with Crippen LogP contribution in [0.25, 0.3) is 6.08 Å². The van der Waals surface area contributed by atoms with E-state index in [-0.39, 0.29) is 5.57 Å². The van der Waals surface area contributed by atoms with Gasteiger partial charge in [-0.1, -0.05) is 30.0 Å². The molecule has 6 heteroatoms. The van der Waals surface area contributed by atoms with Gasteiger partial charge in [-0.15, -0.1) is 5.10 Å². The Bertz CT molecular complexity index is 684. The van der Waals surface area contributed by atoms with E-state index < -0.39 is 5.91 Å². The lowest BCUT2D eigenvalue weighted by molar-refractivity contribution is -0.112. The lowest BCUT2D eigenvalue weighted by Gasteiger charge is -2.05. The molecule has 0 atom stereocenters. The molecular formula is C16H16N4OS. The first kappa shape index (κ1) is 15.9. The maximum atomic E-state index is 12.1. The van der Waals surface area contributed by atoms with Crippen LogP contribution in [-0.2, 0) is 11.2 Å². The first-order chi connectivity index (χ1) is 10.7. The number of nitrogens with one attached hydrogen (secondary N) is 1. The van der Waals surface area contributed by atoms with Gasteiger partial charge in [0.15, 0.2) is 0 Å². The number of hydrogen-bond acceptors (Lipinski definition) is 5. The molecule has 0 aliphatic carbocycles. The van der Waals surface area contributed by atoms with Crippen molar-refractivity contribution in [3.05, 3.63) is 46.5 Å². The molecule has 0 bridgehead atoms. The van der Waals surface area contributed by atoms with Crippen LogP contribution in [0.5, 0.6) is 0 Å². The number of amides is 1. The van der Waals surface area contributed by atoms with Crippen molar-refractivity contribution in [2.45, 2.75) is 26.2 Å². The van der Waals surface area contributed by atoms with E-state index in [0.717, 1.165) is 19.3 Å². The van der Waals surface area contributed by atoms with Crippen molar-refractivity contribution in [1.29, 1.82) is 5.26 Å². The molecule has 112 valence electrons. The Kier molecular flexibility index (Phi) is 5.81. The number of anilines is 1. The highest BCUT2D eigenvalue weighted by molar-refractivity contribution is 7.03. The van der Waals surface area contributed by atoms with Crippen LogP contribution in [0.15, 0.2) is 35.2 Å². The largest absolute Gasteiger partial charge is 0.321 e.